The Hall–Kier alpha value is -2.17. The standard InChI is InChI=1S/C21H26N2O2/c1-16-14-19(12-13-23(16)15-17-8-4-2-5-9-17)22-21(25)20(24)18-10-6-3-7-11-18/h2-11,16,19-20,24H,12-15H2,1H3,(H,22,25)/t16-,19+,20+/m1/s1. The average molecular weight is 338 g/mol. The van der Waals surface area contributed by atoms with Gasteiger partial charge in [-0.15, -0.1) is 0 Å². The first-order chi connectivity index (χ1) is 12.1. The summed E-state index contributed by atoms with van der Waals surface area (Å²) in [6.07, 6.45) is 0.712. The molecule has 132 valence electrons. The molecular weight excluding hydrogens is 312 g/mol. The highest BCUT2D eigenvalue weighted by molar-refractivity contribution is 5.82. The molecule has 4 nitrogen and oxygen atoms in total. The van der Waals surface area contributed by atoms with E-state index >= 15 is 0 Å². The van der Waals surface area contributed by atoms with Gasteiger partial charge in [-0.2, -0.15) is 0 Å². The number of aliphatic hydroxyl groups is 1. The SMILES string of the molecule is C[C@@H]1C[C@@H](NC(=O)[C@@H](O)c2ccccc2)CCN1Cc1ccccc1. The smallest absolute Gasteiger partial charge is 0.253 e. The van der Waals surface area contributed by atoms with Gasteiger partial charge < -0.3 is 10.4 Å². The summed E-state index contributed by atoms with van der Waals surface area (Å²) in [5, 5.41) is 13.2. The minimum atomic E-state index is -1.10. The molecule has 0 unspecified atom stereocenters. The van der Waals surface area contributed by atoms with E-state index < -0.39 is 6.10 Å². The molecule has 1 amide bonds. The second-order valence-corrected chi connectivity index (χ2v) is 6.85. The third kappa shape index (κ3) is 4.68. The number of piperidine rings is 1. The first-order valence-electron chi connectivity index (χ1n) is 8.95. The molecule has 0 bridgehead atoms. The fourth-order valence-corrected chi connectivity index (χ4v) is 3.47. The monoisotopic (exact) mass is 338 g/mol. The van der Waals surface area contributed by atoms with Crippen LogP contribution in [0.25, 0.3) is 0 Å². The van der Waals surface area contributed by atoms with E-state index in [9.17, 15) is 9.90 Å². The van der Waals surface area contributed by atoms with Gasteiger partial charge in [0, 0.05) is 25.2 Å². The van der Waals surface area contributed by atoms with Gasteiger partial charge in [-0.25, -0.2) is 0 Å². The number of nitrogens with one attached hydrogen (secondary N) is 1. The number of nitrogens with zero attached hydrogens (tertiary/aromatic N) is 1. The number of amides is 1. The fourth-order valence-electron chi connectivity index (χ4n) is 3.47. The van der Waals surface area contributed by atoms with Crippen LogP contribution in [0, 0.1) is 0 Å². The normalized spacial score (nSPS) is 22.3. The molecule has 0 radical (unpaired) electrons. The first-order valence-corrected chi connectivity index (χ1v) is 8.95. The Bertz CT molecular complexity index is 675. The molecule has 1 fully saturated rings. The minimum absolute atomic E-state index is 0.118. The van der Waals surface area contributed by atoms with E-state index in [4.69, 9.17) is 0 Å². The van der Waals surface area contributed by atoms with Crippen molar-refractivity contribution in [2.24, 2.45) is 0 Å². The Labute approximate surface area is 149 Å². The minimum Gasteiger partial charge on any atom is -0.378 e. The van der Waals surface area contributed by atoms with Crippen LogP contribution in [0.4, 0.5) is 0 Å². The van der Waals surface area contributed by atoms with E-state index in [2.05, 4.69) is 41.4 Å². The summed E-state index contributed by atoms with van der Waals surface area (Å²) in [7, 11) is 0. The van der Waals surface area contributed by atoms with Gasteiger partial charge in [0.15, 0.2) is 6.10 Å². The van der Waals surface area contributed by atoms with Crippen LogP contribution >= 0.6 is 0 Å². The molecule has 0 aromatic heterocycles. The predicted molar refractivity (Wildman–Crippen MR) is 98.9 cm³/mol. The molecule has 0 saturated carbocycles. The largest absolute Gasteiger partial charge is 0.378 e. The Morgan fingerprint density at radius 2 is 1.80 bits per heavy atom. The van der Waals surface area contributed by atoms with Gasteiger partial charge >= 0.3 is 0 Å². The number of rotatable bonds is 5. The van der Waals surface area contributed by atoms with Crippen LogP contribution in [-0.4, -0.2) is 34.5 Å². The predicted octanol–water partition coefficient (Wildman–Crippen LogP) is 2.89. The highest BCUT2D eigenvalue weighted by atomic mass is 16.3. The molecule has 1 aliphatic rings. The van der Waals surface area contributed by atoms with Gasteiger partial charge in [0.25, 0.3) is 5.91 Å². The summed E-state index contributed by atoms with van der Waals surface area (Å²) in [5.41, 5.74) is 1.95. The summed E-state index contributed by atoms with van der Waals surface area (Å²) in [5.74, 6) is -0.306. The number of carbonyl (C=O) groups is 1. The van der Waals surface area contributed by atoms with Crippen molar-refractivity contribution in [3.8, 4) is 0 Å². The Morgan fingerprint density at radius 3 is 2.44 bits per heavy atom. The molecule has 0 aliphatic carbocycles. The molecule has 1 saturated heterocycles. The van der Waals surface area contributed by atoms with Crippen molar-refractivity contribution >= 4 is 5.91 Å². The summed E-state index contributed by atoms with van der Waals surface area (Å²) < 4.78 is 0. The van der Waals surface area contributed by atoms with Crippen molar-refractivity contribution in [1.29, 1.82) is 0 Å². The van der Waals surface area contributed by atoms with Gasteiger partial charge in [-0.05, 0) is 30.9 Å². The molecule has 25 heavy (non-hydrogen) atoms. The lowest BCUT2D eigenvalue weighted by molar-refractivity contribution is -0.130. The summed E-state index contributed by atoms with van der Waals surface area (Å²) in [6, 6.07) is 20.1. The first kappa shape index (κ1) is 17.6. The maximum absolute atomic E-state index is 12.3. The Morgan fingerprint density at radius 1 is 1.16 bits per heavy atom. The summed E-state index contributed by atoms with van der Waals surface area (Å²) in [4.78, 5) is 14.8. The molecule has 1 heterocycles. The Balaban J connectivity index is 1.52. The van der Waals surface area contributed by atoms with E-state index in [0.29, 0.717) is 11.6 Å². The van der Waals surface area contributed by atoms with E-state index in [1.807, 2.05) is 24.3 Å². The lowest BCUT2D eigenvalue weighted by Crippen LogP contribution is -2.49. The van der Waals surface area contributed by atoms with Crippen LogP contribution in [0.2, 0.25) is 0 Å². The van der Waals surface area contributed by atoms with Crippen molar-refractivity contribution in [3.63, 3.8) is 0 Å². The number of hydrogen-bond acceptors (Lipinski definition) is 3. The van der Waals surface area contributed by atoms with Crippen LogP contribution in [0.3, 0.4) is 0 Å². The van der Waals surface area contributed by atoms with Gasteiger partial charge in [0.1, 0.15) is 0 Å². The molecule has 3 rings (SSSR count). The molecular formula is C21H26N2O2. The lowest BCUT2D eigenvalue weighted by atomic mass is 9.97. The van der Waals surface area contributed by atoms with E-state index in [0.717, 1.165) is 25.9 Å². The molecule has 4 heteroatoms. The van der Waals surface area contributed by atoms with Crippen molar-refractivity contribution in [1.82, 2.24) is 10.2 Å². The maximum Gasteiger partial charge on any atom is 0.253 e. The molecule has 2 N–H and O–H groups in total. The van der Waals surface area contributed by atoms with E-state index in [-0.39, 0.29) is 11.9 Å². The van der Waals surface area contributed by atoms with Crippen molar-refractivity contribution < 1.29 is 9.90 Å². The summed E-state index contributed by atoms with van der Waals surface area (Å²) in [6.45, 7) is 4.09. The molecule has 2 aromatic rings. The Kier molecular flexibility index (Phi) is 5.84. The highest BCUT2D eigenvalue weighted by Gasteiger charge is 2.28. The number of benzene rings is 2. The van der Waals surface area contributed by atoms with Crippen molar-refractivity contribution in [2.45, 2.75) is 44.5 Å². The number of likely N-dealkylation sites (tertiary alicyclic amines) is 1. The second-order valence-electron chi connectivity index (χ2n) is 6.85. The van der Waals surface area contributed by atoms with Crippen LogP contribution < -0.4 is 5.32 Å². The molecule has 1 aliphatic heterocycles. The number of aliphatic hydroxyl groups excluding tert-OH is 1. The van der Waals surface area contributed by atoms with Crippen molar-refractivity contribution in [2.75, 3.05) is 6.54 Å². The van der Waals surface area contributed by atoms with Gasteiger partial charge in [-0.3, -0.25) is 9.69 Å². The van der Waals surface area contributed by atoms with E-state index in [1.165, 1.54) is 5.56 Å². The van der Waals surface area contributed by atoms with Gasteiger partial charge in [0.2, 0.25) is 0 Å². The highest BCUT2D eigenvalue weighted by Crippen LogP contribution is 2.21. The van der Waals surface area contributed by atoms with Crippen LogP contribution in [0.5, 0.6) is 0 Å². The number of hydrogen-bond donors (Lipinski definition) is 2. The van der Waals surface area contributed by atoms with Gasteiger partial charge in [-0.1, -0.05) is 60.7 Å². The maximum atomic E-state index is 12.3. The molecule has 2 aromatic carbocycles. The fraction of sp³-hybridized carbons (Fsp3) is 0.381. The number of carbonyl (C=O) groups excluding carboxylic acids is 1. The van der Waals surface area contributed by atoms with E-state index in [1.54, 1.807) is 12.1 Å². The van der Waals surface area contributed by atoms with Gasteiger partial charge in [0.05, 0.1) is 0 Å². The lowest BCUT2D eigenvalue weighted by Gasteiger charge is -2.38. The van der Waals surface area contributed by atoms with Crippen molar-refractivity contribution in [3.05, 3.63) is 71.8 Å². The topological polar surface area (TPSA) is 52.6 Å². The summed E-state index contributed by atoms with van der Waals surface area (Å²) >= 11 is 0. The average Bonchev–Trinajstić information content (AvgIpc) is 2.65. The zero-order chi connectivity index (χ0) is 17.6. The van der Waals surface area contributed by atoms with Crippen LogP contribution in [0.15, 0.2) is 60.7 Å². The van der Waals surface area contributed by atoms with Crippen LogP contribution in [0.1, 0.15) is 37.0 Å². The second kappa shape index (κ2) is 8.28. The zero-order valence-corrected chi connectivity index (χ0v) is 14.6. The quantitative estimate of drug-likeness (QED) is 0.881. The third-order valence-electron chi connectivity index (χ3n) is 4.95. The molecule has 3 atom stereocenters. The van der Waals surface area contributed by atoms with Crippen LogP contribution in [-0.2, 0) is 11.3 Å². The zero-order valence-electron chi connectivity index (χ0n) is 14.6. The molecule has 0 spiro atoms. The third-order valence-corrected chi connectivity index (χ3v) is 4.95.